The van der Waals surface area contributed by atoms with Gasteiger partial charge < -0.3 is 0 Å². The van der Waals surface area contributed by atoms with Gasteiger partial charge in [0.2, 0.25) is 0 Å². The lowest BCUT2D eigenvalue weighted by atomic mass is 9.99. The molecule has 0 aromatic heterocycles. The predicted octanol–water partition coefficient (Wildman–Crippen LogP) is 4.23. The number of benzene rings is 2. The maximum Gasteiger partial charge on any atom is 0.261 e. The second-order valence-electron chi connectivity index (χ2n) is 5.66. The van der Waals surface area contributed by atoms with Crippen LogP contribution in [0.25, 0.3) is 0 Å². The molecule has 0 amide bonds. The van der Waals surface area contributed by atoms with Crippen LogP contribution in [0, 0.1) is 13.8 Å². The Hall–Kier alpha value is -1.81. The fourth-order valence-corrected chi connectivity index (χ4v) is 3.26. The molecule has 2 rings (SSSR count). The van der Waals surface area contributed by atoms with E-state index in [0.29, 0.717) is 5.69 Å². The smallest absolute Gasteiger partial charge is 0.261 e. The van der Waals surface area contributed by atoms with Crippen molar-refractivity contribution in [3.05, 3.63) is 59.2 Å². The SMILES string of the molecule is Cc1ccc(S(=O)(=O)Nc2ccc(C)cc2C(C)C)cc1. The van der Waals surface area contributed by atoms with Crippen LogP contribution in [0.1, 0.15) is 36.5 Å². The molecule has 0 atom stereocenters. The van der Waals surface area contributed by atoms with Gasteiger partial charge in [-0.05, 0) is 43.5 Å². The van der Waals surface area contributed by atoms with Gasteiger partial charge in [-0.3, -0.25) is 4.72 Å². The van der Waals surface area contributed by atoms with E-state index < -0.39 is 10.0 Å². The standard InChI is InChI=1S/C17H21NO2S/c1-12(2)16-11-14(4)7-10-17(16)18-21(19,20)15-8-5-13(3)6-9-15/h5-12,18H,1-4H3. The summed E-state index contributed by atoms with van der Waals surface area (Å²) in [6.07, 6.45) is 0. The molecule has 112 valence electrons. The third-order valence-corrected chi connectivity index (χ3v) is 4.79. The van der Waals surface area contributed by atoms with Crippen LogP contribution in [0.4, 0.5) is 5.69 Å². The summed E-state index contributed by atoms with van der Waals surface area (Å²) >= 11 is 0. The van der Waals surface area contributed by atoms with Crippen molar-refractivity contribution in [2.75, 3.05) is 4.72 Å². The van der Waals surface area contributed by atoms with Gasteiger partial charge in [-0.25, -0.2) is 8.42 Å². The first-order chi connectivity index (χ1) is 9.79. The highest BCUT2D eigenvalue weighted by atomic mass is 32.2. The molecule has 0 unspecified atom stereocenters. The minimum Gasteiger partial charge on any atom is -0.279 e. The maximum absolute atomic E-state index is 12.5. The first kappa shape index (κ1) is 15.6. The zero-order chi connectivity index (χ0) is 15.6. The van der Waals surface area contributed by atoms with Gasteiger partial charge in [0.15, 0.2) is 0 Å². The fraction of sp³-hybridized carbons (Fsp3) is 0.294. The number of hydrogen-bond acceptors (Lipinski definition) is 2. The van der Waals surface area contributed by atoms with E-state index in [0.717, 1.165) is 16.7 Å². The molecule has 2 aromatic rings. The first-order valence-corrected chi connectivity index (χ1v) is 8.48. The van der Waals surface area contributed by atoms with E-state index in [4.69, 9.17) is 0 Å². The monoisotopic (exact) mass is 303 g/mol. The molecule has 0 bridgehead atoms. The lowest BCUT2D eigenvalue weighted by molar-refractivity contribution is 0.601. The molecule has 0 fully saturated rings. The van der Waals surface area contributed by atoms with Crippen LogP contribution in [0.5, 0.6) is 0 Å². The lowest BCUT2D eigenvalue weighted by Gasteiger charge is -2.16. The Kier molecular flexibility index (Phi) is 4.37. The summed E-state index contributed by atoms with van der Waals surface area (Å²) in [4.78, 5) is 0.281. The fourth-order valence-electron chi connectivity index (χ4n) is 2.17. The third-order valence-electron chi connectivity index (χ3n) is 3.40. The Balaban J connectivity index is 2.39. The summed E-state index contributed by atoms with van der Waals surface area (Å²) in [5.41, 5.74) is 3.81. The van der Waals surface area contributed by atoms with Crippen LogP contribution in [0.2, 0.25) is 0 Å². The topological polar surface area (TPSA) is 46.2 Å². The Bertz CT molecular complexity index is 732. The van der Waals surface area contributed by atoms with Crippen LogP contribution in [0.3, 0.4) is 0 Å². The summed E-state index contributed by atoms with van der Waals surface area (Å²) in [5, 5.41) is 0. The van der Waals surface area contributed by atoms with Crippen LogP contribution in [0.15, 0.2) is 47.4 Å². The van der Waals surface area contributed by atoms with Crippen molar-refractivity contribution < 1.29 is 8.42 Å². The summed E-state index contributed by atoms with van der Waals surface area (Å²) in [5.74, 6) is 0.251. The second kappa shape index (κ2) is 5.90. The van der Waals surface area contributed by atoms with E-state index in [1.165, 1.54) is 0 Å². The molecule has 4 heteroatoms. The highest BCUT2D eigenvalue weighted by Crippen LogP contribution is 2.27. The number of nitrogens with one attached hydrogen (secondary N) is 1. The normalized spacial score (nSPS) is 11.7. The van der Waals surface area contributed by atoms with Gasteiger partial charge in [0, 0.05) is 0 Å². The Morgan fingerprint density at radius 2 is 1.48 bits per heavy atom. The largest absolute Gasteiger partial charge is 0.279 e. The zero-order valence-corrected chi connectivity index (χ0v) is 13.7. The number of aryl methyl sites for hydroxylation is 2. The van der Waals surface area contributed by atoms with Gasteiger partial charge in [0.05, 0.1) is 10.6 Å². The Morgan fingerprint density at radius 3 is 2.05 bits per heavy atom. The zero-order valence-electron chi connectivity index (χ0n) is 12.8. The van der Waals surface area contributed by atoms with E-state index in [1.54, 1.807) is 24.3 Å². The van der Waals surface area contributed by atoms with Gasteiger partial charge in [0.1, 0.15) is 0 Å². The molecule has 0 saturated carbocycles. The first-order valence-electron chi connectivity index (χ1n) is 6.99. The number of hydrogen-bond donors (Lipinski definition) is 1. The number of rotatable bonds is 4. The molecule has 0 saturated heterocycles. The van der Waals surface area contributed by atoms with Gasteiger partial charge >= 0.3 is 0 Å². The molecule has 1 N–H and O–H groups in total. The molecule has 0 aliphatic rings. The van der Waals surface area contributed by atoms with E-state index >= 15 is 0 Å². The number of anilines is 1. The summed E-state index contributed by atoms with van der Waals surface area (Å²) in [6, 6.07) is 12.6. The average molecular weight is 303 g/mol. The molecule has 0 spiro atoms. The lowest BCUT2D eigenvalue weighted by Crippen LogP contribution is -2.14. The van der Waals surface area contributed by atoms with E-state index in [1.807, 2.05) is 32.0 Å². The van der Waals surface area contributed by atoms with E-state index in [9.17, 15) is 8.42 Å². The molecule has 2 aromatic carbocycles. The van der Waals surface area contributed by atoms with Gasteiger partial charge in [0.25, 0.3) is 10.0 Å². The van der Waals surface area contributed by atoms with Crippen molar-refractivity contribution in [1.29, 1.82) is 0 Å². The summed E-state index contributed by atoms with van der Waals surface area (Å²) in [6.45, 7) is 8.04. The van der Waals surface area contributed by atoms with E-state index in [2.05, 4.69) is 18.6 Å². The predicted molar refractivity (Wildman–Crippen MR) is 87.3 cm³/mol. The van der Waals surface area contributed by atoms with Crippen molar-refractivity contribution >= 4 is 15.7 Å². The second-order valence-corrected chi connectivity index (χ2v) is 7.35. The Morgan fingerprint density at radius 1 is 0.905 bits per heavy atom. The third kappa shape index (κ3) is 3.64. The minimum atomic E-state index is -3.55. The van der Waals surface area contributed by atoms with Crippen molar-refractivity contribution in [1.82, 2.24) is 0 Å². The minimum absolute atomic E-state index is 0.251. The van der Waals surface area contributed by atoms with Gasteiger partial charge in [-0.1, -0.05) is 49.2 Å². The highest BCUT2D eigenvalue weighted by molar-refractivity contribution is 7.92. The maximum atomic E-state index is 12.5. The van der Waals surface area contributed by atoms with Crippen LogP contribution in [-0.2, 0) is 10.0 Å². The molecule has 0 aliphatic heterocycles. The number of sulfonamides is 1. The molecule has 0 heterocycles. The van der Waals surface area contributed by atoms with Gasteiger partial charge in [-0.15, -0.1) is 0 Å². The van der Waals surface area contributed by atoms with Crippen LogP contribution < -0.4 is 4.72 Å². The molecule has 0 radical (unpaired) electrons. The average Bonchev–Trinajstić information content (AvgIpc) is 2.41. The van der Waals surface area contributed by atoms with E-state index in [-0.39, 0.29) is 10.8 Å². The van der Waals surface area contributed by atoms with Crippen LogP contribution in [-0.4, -0.2) is 8.42 Å². The molecular weight excluding hydrogens is 282 g/mol. The van der Waals surface area contributed by atoms with Crippen molar-refractivity contribution in [3.63, 3.8) is 0 Å². The quantitative estimate of drug-likeness (QED) is 0.919. The van der Waals surface area contributed by atoms with Gasteiger partial charge in [-0.2, -0.15) is 0 Å². The molecule has 21 heavy (non-hydrogen) atoms. The summed E-state index contributed by atoms with van der Waals surface area (Å²) in [7, 11) is -3.55. The Labute approximate surface area is 127 Å². The van der Waals surface area contributed by atoms with Crippen molar-refractivity contribution in [3.8, 4) is 0 Å². The molecule has 0 aliphatic carbocycles. The summed E-state index contributed by atoms with van der Waals surface area (Å²) < 4.78 is 27.6. The van der Waals surface area contributed by atoms with Crippen LogP contribution >= 0.6 is 0 Å². The highest BCUT2D eigenvalue weighted by Gasteiger charge is 2.16. The van der Waals surface area contributed by atoms with Crippen molar-refractivity contribution in [2.45, 2.75) is 38.5 Å². The van der Waals surface area contributed by atoms with Crippen molar-refractivity contribution in [2.24, 2.45) is 0 Å². The molecular formula is C17H21NO2S. The molecule has 3 nitrogen and oxygen atoms in total.